The highest BCUT2D eigenvalue weighted by Gasteiger charge is 2.23. The number of aromatic nitrogens is 2. The molecule has 21 heavy (non-hydrogen) atoms. The van der Waals surface area contributed by atoms with Crippen LogP contribution in [-0.4, -0.2) is 42.4 Å². The maximum absolute atomic E-state index is 5.81. The number of H-pyrrole nitrogens is 1. The van der Waals surface area contributed by atoms with E-state index in [4.69, 9.17) is 9.47 Å². The van der Waals surface area contributed by atoms with E-state index in [1.165, 1.54) is 11.3 Å². The van der Waals surface area contributed by atoms with Crippen molar-refractivity contribution in [2.24, 2.45) is 0 Å². The van der Waals surface area contributed by atoms with Crippen molar-refractivity contribution in [2.45, 2.75) is 19.9 Å². The number of benzene rings is 1. The van der Waals surface area contributed by atoms with Crippen molar-refractivity contribution >= 4 is 0 Å². The number of aromatic amines is 1. The predicted molar refractivity (Wildman–Crippen MR) is 81.8 cm³/mol. The molecule has 5 heteroatoms. The van der Waals surface area contributed by atoms with Gasteiger partial charge in [-0.15, -0.1) is 0 Å². The SMILES string of the molecule is CCOc1c(OC)cccc1-c1n[nH]c2c1CN(C)CC2. The predicted octanol–water partition coefficient (Wildman–Crippen LogP) is 2.47. The van der Waals surface area contributed by atoms with E-state index in [0.717, 1.165) is 42.3 Å². The monoisotopic (exact) mass is 287 g/mol. The number of rotatable bonds is 4. The van der Waals surface area contributed by atoms with Crippen molar-refractivity contribution < 1.29 is 9.47 Å². The summed E-state index contributed by atoms with van der Waals surface area (Å²) < 4.78 is 11.2. The second kappa shape index (κ2) is 5.77. The smallest absolute Gasteiger partial charge is 0.170 e. The lowest BCUT2D eigenvalue weighted by atomic mass is 10.0. The molecule has 3 rings (SSSR count). The molecule has 0 aliphatic carbocycles. The minimum atomic E-state index is 0.597. The first-order valence-electron chi connectivity index (χ1n) is 7.29. The van der Waals surface area contributed by atoms with Crippen LogP contribution < -0.4 is 9.47 Å². The number of methoxy groups -OCH3 is 1. The average molecular weight is 287 g/mol. The van der Waals surface area contributed by atoms with E-state index in [1.54, 1.807) is 7.11 Å². The average Bonchev–Trinajstić information content (AvgIpc) is 2.90. The van der Waals surface area contributed by atoms with E-state index < -0.39 is 0 Å². The summed E-state index contributed by atoms with van der Waals surface area (Å²) >= 11 is 0. The van der Waals surface area contributed by atoms with Gasteiger partial charge in [-0.1, -0.05) is 6.07 Å². The molecule has 0 saturated carbocycles. The second-order valence-corrected chi connectivity index (χ2v) is 5.29. The van der Waals surface area contributed by atoms with E-state index in [1.807, 2.05) is 25.1 Å². The summed E-state index contributed by atoms with van der Waals surface area (Å²) in [5.41, 5.74) is 4.45. The third-order valence-electron chi connectivity index (χ3n) is 3.87. The number of fused-ring (bicyclic) bond motifs is 1. The minimum absolute atomic E-state index is 0.597. The standard InChI is InChI=1S/C16H21N3O2/c1-4-21-16-11(6-5-7-14(16)20-3)15-12-10-19(2)9-8-13(12)17-18-15/h5-7H,4,8-10H2,1-3H3,(H,17,18). The molecule has 112 valence electrons. The molecule has 1 aromatic carbocycles. The molecule has 0 bridgehead atoms. The van der Waals surface area contributed by atoms with Gasteiger partial charge < -0.3 is 14.4 Å². The highest BCUT2D eigenvalue weighted by molar-refractivity contribution is 5.74. The molecular formula is C16H21N3O2. The summed E-state index contributed by atoms with van der Waals surface area (Å²) in [6.07, 6.45) is 1.01. The number of hydrogen-bond donors (Lipinski definition) is 1. The summed E-state index contributed by atoms with van der Waals surface area (Å²) in [4.78, 5) is 2.31. The lowest BCUT2D eigenvalue weighted by Gasteiger charge is -2.22. The Bertz CT molecular complexity index is 636. The van der Waals surface area contributed by atoms with Gasteiger partial charge >= 0.3 is 0 Å². The molecule has 1 aliphatic rings. The first-order chi connectivity index (χ1) is 10.2. The Balaban J connectivity index is 2.11. The van der Waals surface area contributed by atoms with Crippen molar-refractivity contribution in [1.29, 1.82) is 0 Å². The highest BCUT2D eigenvalue weighted by Crippen LogP contribution is 2.40. The molecule has 1 N–H and O–H groups in total. The number of likely N-dealkylation sites (N-methyl/N-ethyl adjacent to an activating group) is 1. The van der Waals surface area contributed by atoms with E-state index in [2.05, 4.69) is 22.1 Å². The van der Waals surface area contributed by atoms with Crippen LogP contribution in [0.25, 0.3) is 11.3 Å². The fourth-order valence-corrected chi connectivity index (χ4v) is 2.81. The normalized spacial score (nSPS) is 14.8. The summed E-state index contributed by atoms with van der Waals surface area (Å²) in [6.45, 7) is 4.54. The Morgan fingerprint density at radius 2 is 2.24 bits per heavy atom. The maximum Gasteiger partial charge on any atom is 0.170 e. The zero-order valence-electron chi connectivity index (χ0n) is 12.8. The zero-order valence-corrected chi connectivity index (χ0v) is 12.8. The quantitative estimate of drug-likeness (QED) is 0.938. The fraction of sp³-hybridized carbons (Fsp3) is 0.438. The van der Waals surface area contributed by atoms with Crippen LogP contribution >= 0.6 is 0 Å². The summed E-state index contributed by atoms with van der Waals surface area (Å²) in [7, 11) is 3.80. The van der Waals surface area contributed by atoms with Gasteiger partial charge in [0.05, 0.1) is 13.7 Å². The largest absolute Gasteiger partial charge is 0.493 e. The summed E-state index contributed by atoms with van der Waals surface area (Å²) in [5.74, 6) is 1.51. The maximum atomic E-state index is 5.81. The van der Waals surface area contributed by atoms with Crippen molar-refractivity contribution in [3.05, 3.63) is 29.5 Å². The Morgan fingerprint density at radius 1 is 1.38 bits per heavy atom. The van der Waals surface area contributed by atoms with E-state index in [0.29, 0.717) is 6.61 Å². The van der Waals surface area contributed by atoms with Crippen LogP contribution in [0.5, 0.6) is 11.5 Å². The molecule has 2 aromatic rings. The number of nitrogens with zero attached hydrogens (tertiary/aromatic N) is 2. The van der Waals surface area contributed by atoms with Crippen LogP contribution in [0.3, 0.4) is 0 Å². The van der Waals surface area contributed by atoms with Gasteiger partial charge in [0.1, 0.15) is 5.69 Å². The third kappa shape index (κ3) is 2.49. The topological polar surface area (TPSA) is 50.4 Å². The molecule has 1 aliphatic heterocycles. The Kier molecular flexibility index (Phi) is 3.84. The van der Waals surface area contributed by atoms with Crippen LogP contribution in [0.2, 0.25) is 0 Å². The number of nitrogens with one attached hydrogen (secondary N) is 1. The molecule has 0 radical (unpaired) electrons. The number of ether oxygens (including phenoxy) is 2. The van der Waals surface area contributed by atoms with E-state index in [9.17, 15) is 0 Å². The fourth-order valence-electron chi connectivity index (χ4n) is 2.81. The van der Waals surface area contributed by atoms with Gasteiger partial charge in [-0.3, -0.25) is 5.10 Å². The van der Waals surface area contributed by atoms with Gasteiger partial charge in [-0.2, -0.15) is 5.10 Å². The number of hydrogen-bond acceptors (Lipinski definition) is 4. The molecule has 0 fully saturated rings. The van der Waals surface area contributed by atoms with Crippen molar-refractivity contribution in [3.8, 4) is 22.8 Å². The second-order valence-electron chi connectivity index (χ2n) is 5.29. The summed E-state index contributed by atoms with van der Waals surface area (Å²) in [6, 6.07) is 5.93. The van der Waals surface area contributed by atoms with Crippen molar-refractivity contribution in [1.82, 2.24) is 15.1 Å². The van der Waals surface area contributed by atoms with Gasteiger partial charge in [-0.25, -0.2) is 0 Å². The molecule has 0 saturated heterocycles. The molecule has 5 nitrogen and oxygen atoms in total. The first kappa shape index (κ1) is 13.9. The Morgan fingerprint density at radius 3 is 3.00 bits per heavy atom. The first-order valence-corrected chi connectivity index (χ1v) is 7.29. The molecule has 0 spiro atoms. The number of para-hydroxylation sites is 1. The molecule has 0 atom stereocenters. The summed E-state index contributed by atoms with van der Waals surface area (Å²) in [5, 5.41) is 7.71. The van der Waals surface area contributed by atoms with Crippen LogP contribution in [0.15, 0.2) is 18.2 Å². The van der Waals surface area contributed by atoms with Crippen LogP contribution in [0.1, 0.15) is 18.2 Å². The molecule has 2 heterocycles. The third-order valence-corrected chi connectivity index (χ3v) is 3.87. The van der Waals surface area contributed by atoms with Crippen LogP contribution in [0.4, 0.5) is 0 Å². The lowest BCUT2D eigenvalue weighted by Crippen LogP contribution is -2.26. The van der Waals surface area contributed by atoms with Crippen LogP contribution in [-0.2, 0) is 13.0 Å². The van der Waals surface area contributed by atoms with Gasteiger partial charge in [0.2, 0.25) is 0 Å². The molecule has 1 aromatic heterocycles. The van der Waals surface area contributed by atoms with Gasteiger partial charge in [0.25, 0.3) is 0 Å². The van der Waals surface area contributed by atoms with Crippen molar-refractivity contribution in [3.63, 3.8) is 0 Å². The molecular weight excluding hydrogens is 266 g/mol. The molecule has 0 amide bonds. The van der Waals surface area contributed by atoms with Gasteiger partial charge in [0.15, 0.2) is 11.5 Å². The zero-order chi connectivity index (χ0) is 14.8. The lowest BCUT2D eigenvalue weighted by molar-refractivity contribution is 0.309. The van der Waals surface area contributed by atoms with E-state index >= 15 is 0 Å². The van der Waals surface area contributed by atoms with Gasteiger partial charge in [-0.05, 0) is 26.1 Å². The Labute approximate surface area is 124 Å². The van der Waals surface area contributed by atoms with Crippen molar-refractivity contribution in [2.75, 3.05) is 27.3 Å². The highest BCUT2D eigenvalue weighted by atomic mass is 16.5. The van der Waals surface area contributed by atoms with Crippen LogP contribution in [0, 0.1) is 0 Å². The van der Waals surface area contributed by atoms with E-state index in [-0.39, 0.29) is 0 Å². The minimum Gasteiger partial charge on any atom is -0.493 e. The van der Waals surface area contributed by atoms with Gasteiger partial charge in [0, 0.05) is 36.3 Å². The molecule has 0 unspecified atom stereocenters. The Hall–Kier alpha value is -2.01.